The summed E-state index contributed by atoms with van der Waals surface area (Å²) in [7, 11) is 1.04. The zero-order valence-corrected chi connectivity index (χ0v) is 17.2. The molecule has 5 nitrogen and oxygen atoms in total. The van der Waals surface area contributed by atoms with Crippen LogP contribution < -0.4 is 9.80 Å². The predicted molar refractivity (Wildman–Crippen MR) is 101 cm³/mol. The van der Waals surface area contributed by atoms with Crippen molar-refractivity contribution >= 4 is 34.4 Å². The molecule has 158 valence electrons. The van der Waals surface area contributed by atoms with Gasteiger partial charge in [0.2, 0.25) is 0 Å². The zero-order valence-electron chi connectivity index (χ0n) is 15.1. The van der Waals surface area contributed by atoms with Crippen molar-refractivity contribution in [1.82, 2.24) is 0 Å². The van der Waals surface area contributed by atoms with Gasteiger partial charge in [0.25, 0.3) is 6.43 Å². The van der Waals surface area contributed by atoms with E-state index < -0.39 is 42.2 Å². The number of alkyl halides is 5. The number of aryl methyl sites for hydroxylation is 1. The number of rotatable bonds is 5. The highest BCUT2D eigenvalue weighted by Gasteiger charge is 2.34. The fourth-order valence-corrected chi connectivity index (χ4v) is 3.17. The minimum absolute atomic E-state index is 0.0643. The number of carbonyl (C=O) groups excluding carboxylic acids is 1. The van der Waals surface area contributed by atoms with Crippen LogP contribution >= 0.6 is 22.6 Å². The molecule has 2 rings (SSSR count). The number of carbonyl (C=O) groups is 1. The second-order valence-electron chi connectivity index (χ2n) is 5.81. The molecule has 0 aromatic heterocycles. The fraction of sp³-hybridized carbons (Fsp3) is 0.278. The summed E-state index contributed by atoms with van der Waals surface area (Å²) in [6.45, 7) is 0.597. The Labute approximate surface area is 176 Å². The quantitative estimate of drug-likeness (QED) is 0.220. The normalized spacial score (nSPS) is 11.5. The largest absolute Gasteiger partial charge is 0.488 e. The van der Waals surface area contributed by atoms with Crippen LogP contribution in [-0.4, -0.2) is 18.4 Å². The van der Waals surface area contributed by atoms with E-state index in [4.69, 9.17) is 4.74 Å². The molecule has 1 N–H and O–H groups in total. The molecule has 0 heterocycles. The number of anilines is 1. The van der Waals surface area contributed by atoms with Gasteiger partial charge in [0.05, 0.1) is 23.9 Å². The minimum atomic E-state index is -4.75. The van der Waals surface area contributed by atoms with Gasteiger partial charge in [-0.05, 0) is 59.3 Å². The van der Waals surface area contributed by atoms with E-state index in [9.17, 15) is 32.0 Å². The van der Waals surface area contributed by atoms with Crippen molar-refractivity contribution in [2.24, 2.45) is 0 Å². The summed E-state index contributed by atoms with van der Waals surface area (Å²) in [5.74, 6) is -0.647. The third kappa shape index (κ3) is 5.26. The summed E-state index contributed by atoms with van der Waals surface area (Å²) in [5.41, 5.74) is -2.03. The monoisotopic (exact) mass is 531 g/mol. The molecule has 2 aromatic rings. The number of amides is 1. The van der Waals surface area contributed by atoms with Crippen LogP contribution in [-0.2, 0) is 17.5 Å². The van der Waals surface area contributed by atoms with Crippen molar-refractivity contribution in [3.63, 3.8) is 0 Å². The molecule has 0 saturated heterocycles. The van der Waals surface area contributed by atoms with Crippen molar-refractivity contribution in [2.75, 3.05) is 12.2 Å². The minimum Gasteiger partial charge on any atom is -0.488 e. The molecule has 0 aliphatic carbocycles. The summed E-state index contributed by atoms with van der Waals surface area (Å²) >= 11 is 1.85. The first kappa shape index (κ1) is 23.1. The highest BCUT2D eigenvalue weighted by molar-refractivity contribution is 14.1. The SMILES string of the molecule is COC(=O)N(O)c1cccc(I)c1COc1cc(C(F)(F)F)c(C)cc1C(F)F. The second-order valence-corrected chi connectivity index (χ2v) is 6.97. The van der Waals surface area contributed by atoms with Crippen LogP contribution in [0.1, 0.15) is 28.7 Å². The molecule has 0 aliphatic rings. The van der Waals surface area contributed by atoms with E-state index in [1.54, 1.807) is 6.07 Å². The molecular weight excluding hydrogens is 516 g/mol. The zero-order chi connectivity index (χ0) is 21.9. The van der Waals surface area contributed by atoms with E-state index in [0.29, 0.717) is 9.64 Å². The lowest BCUT2D eigenvalue weighted by Crippen LogP contribution is -2.28. The van der Waals surface area contributed by atoms with Crippen LogP contribution in [0, 0.1) is 10.5 Å². The first-order valence-corrected chi connectivity index (χ1v) is 9.02. The smallest absolute Gasteiger partial charge is 0.438 e. The van der Waals surface area contributed by atoms with Gasteiger partial charge in [-0.15, -0.1) is 0 Å². The van der Waals surface area contributed by atoms with Gasteiger partial charge in [-0.3, -0.25) is 5.21 Å². The van der Waals surface area contributed by atoms with Gasteiger partial charge in [-0.2, -0.15) is 18.2 Å². The van der Waals surface area contributed by atoms with E-state index in [-0.39, 0.29) is 21.9 Å². The molecule has 1 amide bonds. The van der Waals surface area contributed by atoms with Crippen molar-refractivity contribution in [2.45, 2.75) is 26.1 Å². The van der Waals surface area contributed by atoms with E-state index in [1.807, 2.05) is 22.6 Å². The third-order valence-electron chi connectivity index (χ3n) is 3.94. The standard InChI is InChI=1S/C18H15F5INO4/c1-9-6-10(16(19)20)15(7-12(9)18(21,22)23)29-8-11-13(24)4-3-5-14(11)25(27)17(26)28-2/h3-7,16,27H,8H2,1-2H3. The van der Waals surface area contributed by atoms with Crippen LogP contribution in [0.4, 0.5) is 32.4 Å². The lowest BCUT2D eigenvalue weighted by atomic mass is 10.0. The van der Waals surface area contributed by atoms with Crippen LogP contribution in [0.3, 0.4) is 0 Å². The Hall–Kier alpha value is -2.15. The van der Waals surface area contributed by atoms with Gasteiger partial charge in [0.1, 0.15) is 12.4 Å². The Bertz CT molecular complexity index is 905. The molecule has 0 spiro atoms. The summed E-state index contributed by atoms with van der Waals surface area (Å²) in [5, 5.41) is 10.1. The summed E-state index contributed by atoms with van der Waals surface area (Å²) in [6.07, 6.45) is -8.93. The molecule has 0 unspecified atom stereocenters. The average molecular weight is 531 g/mol. The lowest BCUT2D eigenvalue weighted by molar-refractivity contribution is -0.138. The van der Waals surface area contributed by atoms with E-state index >= 15 is 0 Å². The molecule has 0 aliphatic heterocycles. The van der Waals surface area contributed by atoms with Gasteiger partial charge in [0.15, 0.2) is 0 Å². The Morgan fingerprint density at radius 3 is 2.48 bits per heavy atom. The predicted octanol–water partition coefficient (Wildman–Crippen LogP) is 6.10. The number of methoxy groups -OCH3 is 1. The first-order valence-electron chi connectivity index (χ1n) is 7.94. The summed E-state index contributed by atoms with van der Waals surface area (Å²) < 4.78 is 76.3. The lowest BCUT2D eigenvalue weighted by Gasteiger charge is -2.20. The number of nitrogens with zero attached hydrogens (tertiary/aromatic N) is 1. The molecule has 2 aromatic carbocycles. The molecular formula is C18H15F5INO4. The first-order chi connectivity index (χ1) is 13.5. The number of halogens is 6. The Kier molecular flexibility index (Phi) is 7.27. The van der Waals surface area contributed by atoms with Crippen LogP contribution in [0.2, 0.25) is 0 Å². The van der Waals surface area contributed by atoms with Gasteiger partial charge in [-0.1, -0.05) is 6.07 Å². The molecule has 0 radical (unpaired) electrons. The average Bonchev–Trinajstić information content (AvgIpc) is 2.65. The summed E-state index contributed by atoms with van der Waals surface area (Å²) in [6, 6.07) is 5.67. The van der Waals surface area contributed by atoms with Crippen molar-refractivity contribution < 1.29 is 41.4 Å². The van der Waals surface area contributed by atoms with Crippen molar-refractivity contribution in [3.05, 3.63) is 56.2 Å². The topological polar surface area (TPSA) is 59.0 Å². The van der Waals surface area contributed by atoms with Crippen LogP contribution in [0.25, 0.3) is 0 Å². The van der Waals surface area contributed by atoms with Crippen LogP contribution in [0.5, 0.6) is 5.75 Å². The van der Waals surface area contributed by atoms with Crippen molar-refractivity contribution in [1.29, 1.82) is 0 Å². The number of hydrogen-bond donors (Lipinski definition) is 1. The maximum Gasteiger partial charge on any atom is 0.438 e. The van der Waals surface area contributed by atoms with Gasteiger partial charge < -0.3 is 9.47 Å². The Morgan fingerprint density at radius 2 is 1.93 bits per heavy atom. The molecule has 0 fully saturated rings. The molecule has 29 heavy (non-hydrogen) atoms. The maximum atomic E-state index is 13.3. The van der Waals surface area contributed by atoms with E-state index in [1.165, 1.54) is 12.1 Å². The number of hydrogen-bond acceptors (Lipinski definition) is 4. The fourth-order valence-electron chi connectivity index (χ4n) is 2.53. The Balaban J connectivity index is 2.45. The van der Waals surface area contributed by atoms with E-state index in [0.717, 1.165) is 20.1 Å². The highest BCUT2D eigenvalue weighted by atomic mass is 127. The number of hydroxylamine groups is 1. The van der Waals surface area contributed by atoms with Crippen LogP contribution in [0.15, 0.2) is 30.3 Å². The van der Waals surface area contributed by atoms with E-state index in [2.05, 4.69) is 4.74 Å². The van der Waals surface area contributed by atoms with Gasteiger partial charge in [-0.25, -0.2) is 13.6 Å². The van der Waals surface area contributed by atoms with Gasteiger partial charge in [0, 0.05) is 9.13 Å². The summed E-state index contributed by atoms with van der Waals surface area (Å²) in [4.78, 5) is 11.6. The number of benzene rings is 2. The molecule has 0 bridgehead atoms. The maximum absolute atomic E-state index is 13.3. The highest BCUT2D eigenvalue weighted by Crippen LogP contribution is 2.39. The molecule has 0 saturated carbocycles. The third-order valence-corrected chi connectivity index (χ3v) is 4.95. The Morgan fingerprint density at radius 1 is 1.28 bits per heavy atom. The van der Waals surface area contributed by atoms with Crippen molar-refractivity contribution in [3.8, 4) is 5.75 Å². The second kappa shape index (κ2) is 9.11. The molecule has 0 atom stereocenters. The molecule has 11 heteroatoms. The number of ether oxygens (including phenoxy) is 2. The van der Waals surface area contributed by atoms with Gasteiger partial charge >= 0.3 is 12.3 Å².